The third kappa shape index (κ3) is 5.55. The fourth-order valence-electron chi connectivity index (χ4n) is 1.41. The van der Waals surface area contributed by atoms with Crippen LogP contribution in [0.25, 0.3) is 0 Å². The van der Waals surface area contributed by atoms with Gasteiger partial charge in [0, 0.05) is 0 Å². The van der Waals surface area contributed by atoms with Crippen molar-refractivity contribution in [2.75, 3.05) is 5.75 Å². The third-order valence-corrected chi connectivity index (χ3v) is 3.72. The lowest BCUT2D eigenvalue weighted by molar-refractivity contribution is 0.343. The Kier molecular flexibility index (Phi) is 6.58. The lowest BCUT2D eigenvalue weighted by atomic mass is 10.1. The molecule has 1 aromatic heterocycles. The van der Waals surface area contributed by atoms with Crippen molar-refractivity contribution < 1.29 is 4.52 Å². The van der Waals surface area contributed by atoms with Gasteiger partial charge in [-0.25, -0.2) is 0 Å². The molecular formula is C12H23N3OS. The standard InChI is InChI=1S/C12H23N3OS/c1-4-5-6-10(13)12-14-11(15-16-12)8-17-7-9(2)3/h9-10H,4-8,13H2,1-3H3. The second kappa shape index (κ2) is 7.71. The molecular weight excluding hydrogens is 234 g/mol. The van der Waals surface area contributed by atoms with Crippen LogP contribution in [0.5, 0.6) is 0 Å². The molecule has 0 spiro atoms. The van der Waals surface area contributed by atoms with Crippen molar-refractivity contribution in [3.05, 3.63) is 11.7 Å². The predicted molar refractivity (Wildman–Crippen MR) is 71.8 cm³/mol. The smallest absolute Gasteiger partial charge is 0.243 e. The summed E-state index contributed by atoms with van der Waals surface area (Å²) >= 11 is 1.83. The Balaban J connectivity index is 2.36. The molecule has 0 radical (unpaired) electrons. The Morgan fingerprint density at radius 1 is 1.41 bits per heavy atom. The van der Waals surface area contributed by atoms with Gasteiger partial charge in [0.25, 0.3) is 0 Å². The van der Waals surface area contributed by atoms with Gasteiger partial charge in [-0.3, -0.25) is 0 Å². The molecule has 0 amide bonds. The Morgan fingerprint density at radius 3 is 2.82 bits per heavy atom. The summed E-state index contributed by atoms with van der Waals surface area (Å²) in [6.07, 6.45) is 3.15. The van der Waals surface area contributed by atoms with Crippen molar-refractivity contribution in [3.8, 4) is 0 Å². The van der Waals surface area contributed by atoms with E-state index in [1.165, 1.54) is 0 Å². The number of hydrogen-bond acceptors (Lipinski definition) is 5. The van der Waals surface area contributed by atoms with Gasteiger partial charge in [0.05, 0.1) is 11.8 Å². The first-order valence-corrected chi connectivity index (χ1v) is 7.44. The SMILES string of the molecule is CCCCC(N)c1nc(CSCC(C)C)no1. The molecule has 0 fully saturated rings. The first-order valence-electron chi connectivity index (χ1n) is 6.29. The van der Waals surface area contributed by atoms with Crippen molar-refractivity contribution in [2.45, 2.75) is 51.8 Å². The number of nitrogens with zero attached hydrogens (tertiary/aromatic N) is 2. The minimum Gasteiger partial charge on any atom is -0.338 e. The van der Waals surface area contributed by atoms with E-state index < -0.39 is 0 Å². The molecule has 4 nitrogen and oxygen atoms in total. The minimum absolute atomic E-state index is 0.105. The van der Waals surface area contributed by atoms with Crippen LogP contribution in [0.3, 0.4) is 0 Å². The lowest BCUT2D eigenvalue weighted by Crippen LogP contribution is -2.10. The molecule has 5 heteroatoms. The first kappa shape index (κ1) is 14.5. The zero-order valence-electron chi connectivity index (χ0n) is 11.0. The maximum Gasteiger partial charge on any atom is 0.243 e. The maximum absolute atomic E-state index is 5.97. The van der Waals surface area contributed by atoms with Gasteiger partial charge in [0.2, 0.25) is 5.89 Å². The third-order valence-electron chi connectivity index (χ3n) is 2.35. The number of thioether (sulfide) groups is 1. The molecule has 1 unspecified atom stereocenters. The van der Waals surface area contributed by atoms with Crippen LogP contribution < -0.4 is 5.73 Å². The van der Waals surface area contributed by atoms with Crippen LogP contribution in [-0.2, 0) is 5.75 Å². The molecule has 1 rings (SSSR count). The molecule has 98 valence electrons. The highest BCUT2D eigenvalue weighted by atomic mass is 32.2. The van der Waals surface area contributed by atoms with E-state index in [4.69, 9.17) is 10.3 Å². The number of rotatable bonds is 8. The fourth-order valence-corrected chi connectivity index (χ4v) is 2.30. The van der Waals surface area contributed by atoms with Crippen LogP contribution in [-0.4, -0.2) is 15.9 Å². The van der Waals surface area contributed by atoms with Crippen molar-refractivity contribution >= 4 is 11.8 Å². The summed E-state index contributed by atoms with van der Waals surface area (Å²) < 4.78 is 5.18. The predicted octanol–water partition coefficient (Wildman–Crippen LogP) is 3.15. The second-order valence-corrected chi connectivity index (χ2v) is 5.74. The second-order valence-electron chi connectivity index (χ2n) is 4.71. The summed E-state index contributed by atoms with van der Waals surface area (Å²) in [6, 6.07) is -0.105. The Morgan fingerprint density at radius 2 is 2.18 bits per heavy atom. The molecule has 17 heavy (non-hydrogen) atoms. The molecule has 0 saturated heterocycles. The Hall–Kier alpha value is -0.550. The number of aromatic nitrogens is 2. The van der Waals surface area contributed by atoms with Crippen LogP contribution in [0.4, 0.5) is 0 Å². The van der Waals surface area contributed by atoms with Crippen LogP contribution >= 0.6 is 11.8 Å². The Labute approximate surface area is 108 Å². The van der Waals surface area contributed by atoms with E-state index in [1.54, 1.807) is 0 Å². The first-order chi connectivity index (χ1) is 8.13. The van der Waals surface area contributed by atoms with Crippen LogP contribution in [0, 0.1) is 5.92 Å². The zero-order chi connectivity index (χ0) is 12.7. The molecule has 1 aromatic rings. The molecule has 2 N–H and O–H groups in total. The molecule has 0 bridgehead atoms. The Bertz CT molecular complexity index is 314. The van der Waals surface area contributed by atoms with E-state index >= 15 is 0 Å². The van der Waals surface area contributed by atoms with Crippen molar-refractivity contribution in [1.82, 2.24) is 10.1 Å². The van der Waals surface area contributed by atoms with Gasteiger partial charge < -0.3 is 10.3 Å². The van der Waals surface area contributed by atoms with Crippen LogP contribution in [0.1, 0.15) is 57.8 Å². The molecule has 0 aromatic carbocycles. The molecule has 1 heterocycles. The quantitative estimate of drug-likeness (QED) is 0.775. The summed E-state index contributed by atoms with van der Waals surface area (Å²) in [5.74, 6) is 3.96. The largest absolute Gasteiger partial charge is 0.338 e. The summed E-state index contributed by atoms with van der Waals surface area (Å²) in [5, 5.41) is 3.96. The van der Waals surface area contributed by atoms with Crippen molar-refractivity contribution in [1.29, 1.82) is 0 Å². The average molecular weight is 257 g/mol. The van der Waals surface area contributed by atoms with Gasteiger partial charge in [0.1, 0.15) is 0 Å². The van der Waals surface area contributed by atoms with Gasteiger partial charge in [-0.2, -0.15) is 16.7 Å². The number of hydrogen-bond donors (Lipinski definition) is 1. The lowest BCUT2D eigenvalue weighted by Gasteiger charge is -2.03. The monoisotopic (exact) mass is 257 g/mol. The molecule has 0 aliphatic rings. The van der Waals surface area contributed by atoms with E-state index in [2.05, 4.69) is 30.9 Å². The topological polar surface area (TPSA) is 64.9 Å². The van der Waals surface area contributed by atoms with Gasteiger partial charge in [0.15, 0.2) is 5.82 Å². The van der Waals surface area contributed by atoms with Crippen LogP contribution in [0.2, 0.25) is 0 Å². The van der Waals surface area contributed by atoms with Gasteiger partial charge in [-0.15, -0.1) is 0 Å². The van der Waals surface area contributed by atoms with E-state index in [0.29, 0.717) is 11.8 Å². The van der Waals surface area contributed by atoms with E-state index in [9.17, 15) is 0 Å². The summed E-state index contributed by atoms with van der Waals surface area (Å²) in [5.41, 5.74) is 5.97. The highest BCUT2D eigenvalue weighted by Gasteiger charge is 2.14. The van der Waals surface area contributed by atoms with E-state index in [1.807, 2.05) is 11.8 Å². The van der Waals surface area contributed by atoms with Gasteiger partial charge in [-0.1, -0.05) is 38.8 Å². The van der Waals surface area contributed by atoms with Crippen molar-refractivity contribution in [2.24, 2.45) is 11.7 Å². The van der Waals surface area contributed by atoms with Gasteiger partial charge >= 0.3 is 0 Å². The normalized spacial score (nSPS) is 13.2. The maximum atomic E-state index is 5.97. The summed E-state index contributed by atoms with van der Waals surface area (Å²) in [7, 11) is 0. The molecule has 0 aliphatic heterocycles. The fraction of sp³-hybridized carbons (Fsp3) is 0.833. The number of unbranched alkanes of at least 4 members (excludes halogenated alkanes) is 1. The van der Waals surface area contributed by atoms with Gasteiger partial charge in [-0.05, 0) is 18.1 Å². The minimum atomic E-state index is -0.105. The molecule has 0 aliphatic carbocycles. The number of nitrogens with two attached hydrogens (primary N) is 1. The molecule has 1 atom stereocenters. The van der Waals surface area contributed by atoms with Crippen molar-refractivity contribution in [3.63, 3.8) is 0 Å². The highest BCUT2D eigenvalue weighted by molar-refractivity contribution is 7.98. The summed E-state index contributed by atoms with van der Waals surface area (Å²) in [6.45, 7) is 6.55. The van der Waals surface area contributed by atoms with Crippen LogP contribution in [0.15, 0.2) is 4.52 Å². The highest BCUT2D eigenvalue weighted by Crippen LogP contribution is 2.17. The summed E-state index contributed by atoms with van der Waals surface area (Å²) in [4.78, 5) is 4.34. The average Bonchev–Trinajstić information content (AvgIpc) is 2.74. The molecule has 0 saturated carbocycles. The zero-order valence-corrected chi connectivity index (χ0v) is 11.8. The van der Waals surface area contributed by atoms with E-state index in [-0.39, 0.29) is 6.04 Å². The van der Waals surface area contributed by atoms with E-state index in [0.717, 1.165) is 36.6 Å².